The van der Waals surface area contributed by atoms with Crippen molar-refractivity contribution in [3.05, 3.63) is 45.9 Å². The maximum Gasteiger partial charge on any atom is 0.131 e. The van der Waals surface area contributed by atoms with Crippen LogP contribution in [0.2, 0.25) is 0 Å². The van der Waals surface area contributed by atoms with Gasteiger partial charge in [0.1, 0.15) is 17.4 Å². The fourth-order valence-corrected chi connectivity index (χ4v) is 2.56. The van der Waals surface area contributed by atoms with E-state index in [1.54, 1.807) is 11.3 Å². The minimum atomic E-state index is 0.519. The van der Waals surface area contributed by atoms with Crippen LogP contribution >= 0.6 is 11.3 Å². The van der Waals surface area contributed by atoms with Gasteiger partial charge in [0, 0.05) is 11.9 Å². The zero-order valence-electron chi connectivity index (χ0n) is 11.6. The molecule has 2 aromatic rings. The van der Waals surface area contributed by atoms with Gasteiger partial charge in [0.2, 0.25) is 0 Å². The summed E-state index contributed by atoms with van der Waals surface area (Å²) in [5, 5.41) is 6.25. The van der Waals surface area contributed by atoms with Gasteiger partial charge in [0.05, 0.1) is 5.69 Å². The largest absolute Gasteiger partial charge is 0.487 e. The monoisotopic (exact) mass is 276 g/mol. The van der Waals surface area contributed by atoms with Gasteiger partial charge in [-0.05, 0) is 30.7 Å². The van der Waals surface area contributed by atoms with Crippen LogP contribution in [0.1, 0.15) is 36.0 Å². The lowest BCUT2D eigenvalue weighted by atomic mass is 10.0. The second-order valence-corrected chi connectivity index (χ2v) is 5.72. The molecule has 2 rings (SSSR count). The molecule has 1 aromatic carbocycles. The lowest BCUT2D eigenvalue weighted by molar-refractivity contribution is 0.301. The summed E-state index contributed by atoms with van der Waals surface area (Å²) in [6.45, 7) is 5.71. The second-order valence-electron chi connectivity index (χ2n) is 4.78. The Morgan fingerprint density at radius 3 is 2.95 bits per heavy atom. The van der Waals surface area contributed by atoms with Crippen LogP contribution in [0.3, 0.4) is 0 Å². The molecule has 0 aliphatic rings. The molecule has 0 unspecified atom stereocenters. The summed E-state index contributed by atoms with van der Waals surface area (Å²) in [5.41, 5.74) is 2.29. The minimum absolute atomic E-state index is 0.519. The van der Waals surface area contributed by atoms with Crippen LogP contribution in [0.15, 0.2) is 29.6 Å². The van der Waals surface area contributed by atoms with Gasteiger partial charge in [0.25, 0.3) is 0 Å². The third-order valence-electron chi connectivity index (χ3n) is 2.84. The predicted molar refractivity (Wildman–Crippen MR) is 79.7 cm³/mol. The lowest BCUT2D eigenvalue weighted by Crippen LogP contribution is -2.05. The summed E-state index contributed by atoms with van der Waals surface area (Å²) < 4.78 is 5.80. The van der Waals surface area contributed by atoms with Gasteiger partial charge in [-0.1, -0.05) is 26.0 Å². The van der Waals surface area contributed by atoms with Crippen LogP contribution in [0, 0.1) is 0 Å². The average Bonchev–Trinajstić information content (AvgIpc) is 2.85. The Kier molecular flexibility index (Phi) is 4.93. The van der Waals surface area contributed by atoms with Gasteiger partial charge in [-0.15, -0.1) is 11.3 Å². The highest BCUT2D eigenvalue weighted by molar-refractivity contribution is 7.09. The molecule has 3 nitrogen and oxygen atoms in total. The van der Waals surface area contributed by atoms with Crippen LogP contribution in [0.25, 0.3) is 0 Å². The maximum absolute atomic E-state index is 5.80. The highest BCUT2D eigenvalue weighted by Gasteiger charge is 2.04. The van der Waals surface area contributed by atoms with E-state index in [2.05, 4.69) is 41.7 Å². The number of aromatic nitrogens is 1. The first-order valence-corrected chi connectivity index (χ1v) is 7.37. The first kappa shape index (κ1) is 14.0. The van der Waals surface area contributed by atoms with Crippen molar-refractivity contribution in [2.45, 2.75) is 32.9 Å². The normalized spacial score (nSPS) is 10.9. The molecule has 0 aliphatic heterocycles. The number of nitrogens with one attached hydrogen (secondary N) is 1. The fraction of sp³-hybridized carbons (Fsp3) is 0.400. The molecule has 0 amide bonds. The molecule has 0 saturated carbocycles. The Bertz CT molecular complexity index is 522. The van der Waals surface area contributed by atoms with E-state index in [0.717, 1.165) is 23.0 Å². The van der Waals surface area contributed by atoms with Gasteiger partial charge >= 0.3 is 0 Å². The van der Waals surface area contributed by atoms with Crippen molar-refractivity contribution in [1.82, 2.24) is 10.3 Å². The van der Waals surface area contributed by atoms with E-state index in [0.29, 0.717) is 12.5 Å². The third kappa shape index (κ3) is 4.04. The van der Waals surface area contributed by atoms with Crippen molar-refractivity contribution in [2.24, 2.45) is 0 Å². The summed E-state index contributed by atoms with van der Waals surface area (Å²) >= 11 is 1.66. The van der Waals surface area contributed by atoms with Crippen molar-refractivity contribution in [1.29, 1.82) is 0 Å². The highest BCUT2D eigenvalue weighted by Crippen LogP contribution is 2.21. The quantitative estimate of drug-likeness (QED) is 0.876. The van der Waals surface area contributed by atoms with Crippen molar-refractivity contribution >= 4 is 11.3 Å². The topological polar surface area (TPSA) is 34.2 Å². The molecule has 102 valence electrons. The molecule has 19 heavy (non-hydrogen) atoms. The van der Waals surface area contributed by atoms with Crippen molar-refractivity contribution in [3.8, 4) is 5.75 Å². The Morgan fingerprint density at radius 1 is 1.37 bits per heavy atom. The molecule has 0 radical (unpaired) electrons. The molecule has 0 bridgehead atoms. The van der Waals surface area contributed by atoms with Crippen LogP contribution < -0.4 is 10.1 Å². The summed E-state index contributed by atoms with van der Waals surface area (Å²) in [5.74, 6) is 1.43. The van der Waals surface area contributed by atoms with E-state index in [1.807, 2.05) is 19.2 Å². The molecule has 1 aromatic heterocycles. The second kappa shape index (κ2) is 6.68. The standard InChI is InChI=1S/C15H20N2OS/c1-11(2)12-5-4-6-14(7-12)18-9-13-10-19-15(17-13)8-16-3/h4-7,10-11,16H,8-9H2,1-3H3. The van der Waals surface area contributed by atoms with Crippen LogP contribution in [0.5, 0.6) is 5.75 Å². The summed E-state index contributed by atoms with van der Waals surface area (Å²) in [7, 11) is 1.93. The molecular formula is C15H20N2OS. The zero-order chi connectivity index (χ0) is 13.7. The Hall–Kier alpha value is -1.39. The average molecular weight is 276 g/mol. The third-order valence-corrected chi connectivity index (χ3v) is 3.74. The fourth-order valence-electron chi connectivity index (χ4n) is 1.77. The molecule has 0 saturated heterocycles. The van der Waals surface area contributed by atoms with Crippen molar-refractivity contribution in [2.75, 3.05) is 7.05 Å². The smallest absolute Gasteiger partial charge is 0.131 e. The van der Waals surface area contributed by atoms with Gasteiger partial charge in [-0.25, -0.2) is 4.98 Å². The molecule has 0 atom stereocenters. The SMILES string of the molecule is CNCc1nc(COc2cccc(C(C)C)c2)cs1. The number of nitrogens with zero attached hydrogens (tertiary/aromatic N) is 1. The molecule has 1 N–H and O–H groups in total. The van der Waals surface area contributed by atoms with Crippen molar-refractivity contribution < 1.29 is 4.74 Å². The van der Waals surface area contributed by atoms with Gasteiger partial charge in [-0.2, -0.15) is 0 Å². The van der Waals surface area contributed by atoms with E-state index in [4.69, 9.17) is 4.74 Å². The molecule has 4 heteroatoms. The van der Waals surface area contributed by atoms with E-state index in [-0.39, 0.29) is 0 Å². The number of rotatable bonds is 6. The molecule has 0 aliphatic carbocycles. The first-order chi connectivity index (χ1) is 9.19. The van der Waals surface area contributed by atoms with Crippen LogP contribution in [-0.2, 0) is 13.2 Å². The number of thiazole rings is 1. The van der Waals surface area contributed by atoms with E-state index < -0.39 is 0 Å². The Morgan fingerprint density at radius 2 is 2.21 bits per heavy atom. The highest BCUT2D eigenvalue weighted by atomic mass is 32.1. The number of hydrogen-bond acceptors (Lipinski definition) is 4. The molecule has 0 fully saturated rings. The van der Waals surface area contributed by atoms with Crippen LogP contribution in [0.4, 0.5) is 0 Å². The van der Waals surface area contributed by atoms with Gasteiger partial charge in [0.15, 0.2) is 0 Å². The molecule has 0 spiro atoms. The summed E-state index contributed by atoms with van der Waals surface area (Å²) in [6.07, 6.45) is 0. The summed E-state index contributed by atoms with van der Waals surface area (Å²) in [4.78, 5) is 4.50. The van der Waals surface area contributed by atoms with Gasteiger partial charge < -0.3 is 10.1 Å². The number of ether oxygens (including phenoxy) is 1. The Balaban J connectivity index is 1.95. The van der Waals surface area contributed by atoms with Crippen LogP contribution in [-0.4, -0.2) is 12.0 Å². The van der Waals surface area contributed by atoms with Crippen molar-refractivity contribution in [3.63, 3.8) is 0 Å². The van der Waals surface area contributed by atoms with E-state index in [1.165, 1.54) is 5.56 Å². The number of benzene rings is 1. The predicted octanol–water partition coefficient (Wildman–Crippen LogP) is 3.56. The minimum Gasteiger partial charge on any atom is -0.487 e. The zero-order valence-corrected chi connectivity index (χ0v) is 12.5. The first-order valence-electron chi connectivity index (χ1n) is 6.49. The van der Waals surface area contributed by atoms with E-state index >= 15 is 0 Å². The molecular weight excluding hydrogens is 256 g/mol. The molecule has 1 heterocycles. The lowest BCUT2D eigenvalue weighted by Gasteiger charge is -2.09. The van der Waals surface area contributed by atoms with E-state index in [9.17, 15) is 0 Å². The summed E-state index contributed by atoms with van der Waals surface area (Å²) in [6, 6.07) is 8.27. The number of hydrogen-bond donors (Lipinski definition) is 1. The Labute approximate surface area is 118 Å². The maximum atomic E-state index is 5.80. The van der Waals surface area contributed by atoms with Gasteiger partial charge in [-0.3, -0.25) is 0 Å².